The van der Waals surface area contributed by atoms with Crippen LogP contribution in [0.1, 0.15) is 25.8 Å². The summed E-state index contributed by atoms with van der Waals surface area (Å²) < 4.78 is 5.60. The highest BCUT2D eigenvalue weighted by atomic mass is 16.5. The number of rotatable bonds is 4. The number of hydrogen-bond acceptors (Lipinski definition) is 4. The second-order valence-electron chi connectivity index (χ2n) is 5.73. The molecule has 3 N–H and O–H groups in total. The number of nitrogens with zero attached hydrogens (tertiary/aromatic N) is 1. The Hall–Kier alpha value is -2.01. The fourth-order valence-corrected chi connectivity index (χ4v) is 2.37. The minimum atomic E-state index is 0.0461. The van der Waals surface area contributed by atoms with Crippen LogP contribution in [0.5, 0.6) is 5.75 Å². The van der Waals surface area contributed by atoms with E-state index in [0.717, 1.165) is 38.2 Å². The SMILES string of the molecule is CC(C)Oc1ccc(/C=C\C(=O)N2CCCNCC2)cc1N. The standard InChI is InChI=1S/C17H25N3O2/c1-13(2)22-16-6-4-14(12-15(16)18)5-7-17(21)20-10-3-8-19-9-11-20/h4-7,12-13,19H,3,8-11,18H2,1-2H3/b7-5-. The summed E-state index contributed by atoms with van der Waals surface area (Å²) in [5.74, 6) is 0.724. The van der Waals surface area contributed by atoms with Crippen LogP contribution < -0.4 is 15.8 Å². The van der Waals surface area contributed by atoms with Crippen LogP contribution in [0.25, 0.3) is 6.08 Å². The first-order valence-corrected chi connectivity index (χ1v) is 7.80. The third-order valence-electron chi connectivity index (χ3n) is 3.47. The smallest absolute Gasteiger partial charge is 0.246 e. The summed E-state index contributed by atoms with van der Waals surface area (Å²) in [6.45, 7) is 7.31. The van der Waals surface area contributed by atoms with E-state index in [1.54, 1.807) is 12.2 Å². The minimum absolute atomic E-state index is 0.0461. The molecule has 1 fully saturated rings. The van der Waals surface area contributed by atoms with Crippen LogP contribution in [0.3, 0.4) is 0 Å². The molecule has 1 amide bonds. The predicted molar refractivity (Wildman–Crippen MR) is 89.7 cm³/mol. The maximum Gasteiger partial charge on any atom is 0.246 e. The Morgan fingerprint density at radius 1 is 1.36 bits per heavy atom. The number of carbonyl (C=O) groups is 1. The van der Waals surface area contributed by atoms with Gasteiger partial charge in [-0.2, -0.15) is 0 Å². The van der Waals surface area contributed by atoms with Crippen molar-refractivity contribution in [3.8, 4) is 5.75 Å². The van der Waals surface area contributed by atoms with Crippen molar-refractivity contribution < 1.29 is 9.53 Å². The molecule has 22 heavy (non-hydrogen) atoms. The molecule has 0 unspecified atom stereocenters. The van der Waals surface area contributed by atoms with Gasteiger partial charge in [-0.1, -0.05) is 6.07 Å². The van der Waals surface area contributed by atoms with Crippen molar-refractivity contribution >= 4 is 17.7 Å². The molecule has 0 radical (unpaired) electrons. The van der Waals surface area contributed by atoms with Crippen molar-refractivity contribution in [3.63, 3.8) is 0 Å². The van der Waals surface area contributed by atoms with E-state index in [-0.39, 0.29) is 12.0 Å². The second-order valence-corrected chi connectivity index (χ2v) is 5.73. The van der Waals surface area contributed by atoms with Gasteiger partial charge >= 0.3 is 0 Å². The molecule has 0 bridgehead atoms. The third kappa shape index (κ3) is 4.77. The maximum absolute atomic E-state index is 12.2. The van der Waals surface area contributed by atoms with Gasteiger partial charge in [0.1, 0.15) is 5.75 Å². The maximum atomic E-state index is 12.2. The molecule has 1 heterocycles. The molecule has 0 saturated carbocycles. The number of ether oxygens (including phenoxy) is 1. The normalized spacial score (nSPS) is 16.0. The van der Waals surface area contributed by atoms with Crippen LogP contribution in [-0.4, -0.2) is 43.1 Å². The van der Waals surface area contributed by atoms with Gasteiger partial charge in [0.05, 0.1) is 11.8 Å². The highest BCUT2D eigenvalue weighted by Crippen LogP contribution is 2.24. The van der Waals surface area contributed by atoms with Gasteiger partial charge in [0.2, 0.25) is 5.91 Å². The van der Waals surface area contributed by atoms with Gasteiger partial charge in [0, 0.05) is 25.7 Å². The lowest BCUT2D eigenvalue weighted by molar-refractivity contribution is -0.125. The highest BCUT2D eigenvalue weighted by molar-refractivity contribution is 5.92. The average Bonchev–Trinajstić information content (AvgIpc) is 2.76. The minimum Gasteiger partial charge on any atom is -0.489 e. The lowest BCUT2D eigenvalue weighted by Crippen LogP contribution is -2.32. The number of hydrogen-bond donors (Lipinski definition) is 2. The fraction of sp³-hybridized carbons (Fsp3) is 0.471. The molecule has 0 aliphatic carbocycles. The van der Waals surface area contributed by atoms with Crippen molar-refractivity contribution in [2.45, 2.75) is 26.4 Å². The summed E-state index contributed by atoms with van der Waals surface area (Å²) in [5, 5.41) is 3.29. The van der Waals surface area contributed by atoms with E-state index in [4.69, 9.17) is 10.5 Å². The molecule has 0 aromatic heterocycles. The summed E-state index contributed by atoms with van der Waals surface area (Å²) in [6.07, 6.45) is 4.49. The van der Waals surface area contributed by atoms with Crippen molar-refractivity contribution in [2.75, 3.05) is 31.9 Å². The Kier molecular flexibility index (Phi) is 5.83. The Morgan fingerprint density at radius 3 is 2.91 bits per heavy atom. The largest absolute Gasteiger partial charge is 0.489 e. The Labute approximate surface area is 132 Å². The number of amides is 1. The van der Waals surface area contributed by atoms with E-state index in [1.165, 1.54) is 0 Å². The molecule has 1 aromatic rings. The number of nitrogens with two attached hydrogens (primary N) is 1. The number of carbonyl (C=O) groups excluding carboxylic acids is 1. The van der Waals surface area contributed by atoms with Crippen LogP contribution in [0, 0.1) is 0 Å². The van der Waals surface area contributed by atoms with E-state index in [0.29, 0.717) is 11.4 Å². The first-order valence-electron chi connectivity index (χ1n) is 7.80. The predicted octanol–water partition coefficient (Wildman–Crippen LogP) is 1.89. The molecule has 5 nitrogen and oxygen atoms in total. The average molecular weight is 303 g/mol. The van der Waals surface area contributed by atoms with Gasteiger partial charge in [-0.15, -0.1) is 0 Å². The zero-order chi connectivity index (χ0) is 15.9. The quantitative estimate of drug-likeness (QED) is 0.658. The van der Waals surface area contributed by atoms with Gasteiger partial charge < -0.3 is 20.7 Å². The summed E-state index contributed by atoms with van der Waals surface area (Å²) >= 11 is 0. The van der Waals surface area contributed by atoms with Gasteiger partial charge in [-0.3, -0.25) is 4.79 Å². The molecule has 120 valence electrons. The monoisotopic (exact) mass is 303 g/mol. The highest BCUT2D eigenvalue weighted by Gasteiger charge is 2.12. The molecule has 1 saturated heterocycles. The lowest BCUT2D eigenvalue weighted by Gasteiger charge is -2.17. The molecule has 2 rings (SSSR count). The van der Waals surface area contributed by atoms with E-state index in [9.17, 15) is 4.79 Å². The fourth-order valence-electron chi connectivity index (χ4n) is 2.37. The molecular weight excluding hydrogens is 278 g/mol. The number of nitrogens with one attached hydrogen (secondary N) is 1. The molecule has 5 heteroatoms. The van der Waals surface area contributed by atoms with Gasteiger partial charge in [0.25, 0.3) is 0 Å². The number of nitrogen functional groups attached to an aromatic ring is 1. The summed E-state index contributed by atoms with van der Waals surface area (Å²) in [7, 11) is 0. The van der Waals surface area contributed by atoms with Gasteiger partial charge in [-0.05, 0) is 50.6 Å². The van der Waals surface area contributed by atoms with Crippen molar-refractivity contribution in [3.05, 3.63) is 29.8 Å². The molecule has 1 aromatic carbocycles. The van der Waals surface area contributed by atoms with E-state index < -0.39 is 0 Å². The Morgan fingerprint density at radius 2 is 2.18 bits per heavy atom. The van der Waals surface area contributed by atoms with Crippen LogP contribution in [0.15, 0.2) is 24.3 Å². The Balaban J connectivity index is 2.00. The lowest BCUT2D eigenvalue weighted by atomic mass is 10.1. The van der Waals surface area contributed by atoms with Gasteiger partial charge in [-0.25, -0.2) is 0 Å². The number of benzene rings is 1. The zero-order valence-corrected chi connectivity index (χ0v) is 13.3. The molecule has 0 spiro atoms. The topological polar surface area (TPSA) is 67.6 Å². The molecular formula is C17H25N3O2. The molecule has 0 atom stereocenters. The van der Waals surface area contributed by atoms with E-state index >= 15 is 0 Å². The van der Waals surface area contributed by atoms with Crippen molar-refractivity contribution in [1.29, 1.82) is 0 Å². The van der Waals surface area contributed by atoms with Crippen molar-refractivity contribution in [2.24, 2.45) is 0 Å². The second kappa shape index (κ2) is 7.84. The number of anilines is 1. The van der Waals surface area contributed by atoms with Crippen molar-refractivity contribution in [1.82, 2.24) is 10.2 Å². The first kappa shape index (κ1) is 16.4. The van der Waals surface area contributed by atoms with Crippen LogP contribution in [-0.2, 0) is 4.79 Å². The summed E-state index contributed by atoms with van der Waals surface area (Å²) in [4.78, 5) is 14.0. The molecule has 1 aliphatic heterocycles. The third-order valence-corrected chi connectivity index (χ3v) is 3.47. The van der Waals surface area contributed by atoms with Crippen LogP contribution in [0.2, 0.25) is 0 Å². The first-order chi connectivity index (χ1) is 10.6. The summed E-state index contributed by atoms with van der Waals surface area (Å²) in [5.41, 5.74) is 7.46. The van der Waals surface area contributed by atoms with Gasteiger partial charge in [0.15, 0.2) is 0 Å². The summed E-state index contributed by atoms with van der Waals surface area (Å²) in [6, 6.07) is 5.57. The van der Waals surface area contributed by atoms with E-state index in [1.807, 2.05) is 36.9 Å². The zero-order valence-electron chi connectivity index (χ0n) is 13.3. The Bertz CT molecular complexity index is 533. The van der Waals surface area contributed by atoms with Crippen LogP contribution >= 0.6 is 0 Å². The molecule has 1 aliphatic rings. The van der Waals surface area contributed by atoms with Crippen LogP contribution in [0.4, 0.5) is 5.69 Å². The van der Waals surface area contributed by atoms with E-state index in [2.05, 4.69) is 5.32 Å².